The number of hydrogen-bond donors (Lipinski definition) is 2. The van der Waals surface area contributed by atoms with Crippen LogP contribution in [0, 0.1) is 11.8 Å². The van der Waals surface area contributed by atoms with Gasteiger partial charge in [-0.2, -0.15) is 9.31 Å². The average Bonchev–Trinajstić information content (AvgIpc) is 3.69. The number of rotatable bonds is 5. The summed E-state index contributed by atoms with van der Waals surface area (Å²) in [5.41, 5.74) is 12.3. The van der Waals surface area contributed by atoms with Crippen molar-refractivity contribution in [1.29, 1.82) is 0 Å². The highest BCUT2D eigenvalue weighted by Gasteiger charge is 2.21. The molecule has 14 heteroatoms. The van der Waals surface area contributed by atoms with Gasteiger partial charge < -0.3 is 11.1 Å². The van der Waals surface area contributed by atoms with Crippen LogP contribution in [0.1, 0.15) is 27.7 Å². The molecule has 0 atom stereocenters. The van der Waals surface area contributed by atoms with Crippen LogP contribution in [-0.2, 0) is 6.54 Å². The van der Waals surface area contributed by atoms with Gasteiger partial charge in [-0.05, 0) is 39.6 Å². The fourth-order valence-corrected chi connectivity index (χ4v) is 4.54. The molecular weight excluding hydrogens is 496 g/mol. The zero-order chi connectivity index (χ0) is 27.1. The molecule has 5 aromatic heterocycles. The third-order valence-electron chi connectivity index (χ3n) is 6.26. The lowest BCUT2D eigenvalue weighted by Crippen LogP contribution is -2.13. The number of anilines is 2. The molecule has 0 saturated heterocycles. The largest absolute Gasteiger partial charge is 0.394 e. The van der Waals surface area contributed by atoms with Crippen LogP contribution in [0.15, 0.2) is 43.2 Å². The van der Waals surface area contributed by atoms with Crippen molar-refractivity contribution in [2.24, 2.45) is 11.8 Å². The van der Waals surface area contributed by atoms with Gasteiger partial charge in [0, 0.05) is 29.7 Å². The maximum absolute atomic E-state index is 6.17. The van der Waals surface area contributed by atoms with Crippen molar-refractivity contribution in [1.82, 2.24) is 59.6 Å². The van der Waals surface area contributed by atoms with E-state index in [-0.39, 0.29) is 0 Å². The summed E-state index contributed by atoms with van der Waals surface area (Å²) in [6, 6.07) is 3.86. The molecule has 0 unspecified atom stereocenters. The molecule has 0 aromatic carbocycles. The lowest BCUT2D eigenvalue weighted by Gasteiger charge is -2.14. The first-order chi connectivity index (χ1) is 18.9. The Bertz CT molecular complexity index is 1880. The van der Waals surface area contributed by atoms with Gasteiger partial charge in [0.15, 0.2) is 0 Å². The molecule has 14 nitrogen and oxygen atoms in total. The van der Waals surface area contributed by atoms with Gasteiger partial charge in [0.25, 0.3) is 0 Å². The zero-order valence-electron chi connectivity index (χ0n) is 22.1. The van der Waals surface area contributed by atoms with Crippen LogP contribution in [0.5, 0.6) is 0 Å². The van der Waals surface area contributed by atoms with Crippen LogP contribution in [0.4, 0.5) is 11.4 Å². The molecule has 0 spiro atoms. The molecule has 39 heavy (non-hydrogen) atoms. The third kappa shape index (κ3) is 4.19. The number of nitrogens with one attached hydrogen (secondary N) is 1. The summed E-state index contributed by atoms with van der Waals surface area (Å²) in [5.74, 6) is 0.990. The molecule has 0 bridgehead atoms. The monoisotopic (exact) mass is 524 g/mol. The van der Waals surface area contributed by atoms with Crippen molar-refractivity contribution in [3.8, 4) is 11.4 Å². The van der Waals surface area contributed by atoms with Gasteiger partial charge in [-0.25, -0.2) is 14.5 Å². The van der Waals surface area contributed by atoms with Crippen molar-refractivity contribution >= 4 is 44.5 Å². The molecular formula is C25H28N14. The van der Waals surface area contributed by atoms with Gasteiger partial charge in [-0.1, -0.05) is 27.7 Å². The second kappa shape index (κ2) is 9.70. The Labute approximate surface area is 222 Å². The van der Waals surface area contributed by atoms with E-state index < -0.39 is 0 Å². The topological polar surface area (TPSA) is 168 Å². The first-order valence-electron chi connectivity index (χ1n) is 12.7. The van der Waals surface area contributed by atoms with Crippen molar-refractivity contribution in [2.45, 2.75) is 34.2 Å². The Balaban J connectivity index is 0.000000142. The quantitative estimate of drug-likeness (QED) is 0.339. The molecule has 2 aliphatic rings. The summed E-state index contributed by atoms with van der Waals surface area (Å²) in [6.07, 6.45) is 8.61. The Morgan fingerprint density at radius 3 is 2.36 bits per heavy atom. The van der Waals surface area contributed by atoms with E-state index in [1.165, 1.54) is 0 Å². The minimum absolute atomic E-state index is 0.473. The van der Waals surface area contributed by atoms with Gasteiger partial charge in [0.2, 0.25) is 11.3 Å². The number of aromatic nitrogens is 12. The smallest absolute Gasteiger partial charge is 0.206 e. The zero-order valence-corrected chi connectivity index (χ0v) is 22.1. The number of hydrogen-bond acceptors (Lipinski definition) is 11. The molecule has 7 rings (SSSR count). The van der Waals surface area contributed by atoms with Crippen LogP contribution in [0.25, 0.3) is 44.5 Å². The number of fused-ring (bicyclic) bond motifs is 9. The lowest BCUT2D eigenvalue weighted by atomic mass is 10.1. The normalized spacial score (nSPS) is 11.8. The van der Waals surface area contributed by atoms with Crippen LogP contribution >= 0.6 is 0 Å². The lowest BCUT2D eigenvalue weighted by molar-refractivity contribution is 0.415. The summed E-state index contributed by atoms with van der Waals surface area (Å²) < 4.78 is 3.58. The van der Waals surface area contributed by atoms with E-state index in [0.717, 1.165) is 57.6 Å². The SMILES string of the molecule is CC(C)CNc1c(N)c2nnnn2c2cnccc12.CC(C)Cn1nnc2c3ncnc-3c3ccncc3n21. The predicted octanol–water partition coefficient (Wildman–Crippen LogP) is 2.95. The van der Waals surface area contributed by atoms with E-state index in [1.54, 1.807) is 29.4 Å². The van der Waals surface area contributed by atoms with Crippen molar-refractivity contribution in [2.75, 3.05) is 17.6 Å². The van der Waals surface area contributed by atoms with Gasteiger partial charge in [0.1, 0.15) is 23.4 Å². The highest BCUT2D eigenvalue weighted by Crippen LogP contribution is 2.32. The number of nitrogens with zero attached hydrogens (tertiary/aromatic N) is 12. The standard InChI is InChI=1S/C13H13N7.C12H15N7/c1-8(2)6-19-18-17-13-12-11(15-7-16-12)9-3-4-14-5-10(9)20(13)19;1-7(2)5-15-11-8-3-4-14-6-9(8)19-12(10(11)13)16-17-18-19/h3-5,7-8H,6H2,1-2H3;3-4,6-7,15H,5,13H2,1-2H3. The minimum Gasteiger partial charge on any atom is -0.394 e. The highest BCUT2D eigenvalue weighted by atomic mass is 15.6. The Kier molecular flexibility index (Phi) is 6.05. The Morgan fingerprint density at radius 1 is 0.846 bits per heavy atom. The van der Waals surface area contributed by atoms with E-state index in [9.17, 15) is 0 Å². The number of pyridine rings is 4. The average molecular weight is 525 g/mol. The van der Waals surface area contributed by atoms with E-state index in [4.69, 9.17) is 5.73 Å². The second-order valence-electron chi connectivity index (χ2n) is 10.1. The van der Waals surface area contributed by atoms with Crippen LogP contribution in [-0.4, -0.2) is 66.1 Å². The molecule has 7 heterocycles. The molecule has 5 aromatic rings. The number of nitrogen functional groups attached to an aromatic ring is 1. The molecule has 0 radical (unpaired) electrons. The molecule has 198 valence electrons. The summed E-state index contributed by atoms with van der Waals surface area (Å²) in [6.45, 7) is 10.2. The maximum Gasteiger partial charge on any atom is 0.206 e. The highest BCUT2D eigenvalue weighted by molar-refractivity contribution is 6.02. The van der Waals surface area contributed by atoms with Crippen molar-refractivity contribution in [3.05, 3.63) is 43.2 Å². The maximum atomic E-state index is 6.17. The number of nitrogens with two attached hydrogens (primary N) is 1. The summed E-state index contributed by atoms with van der Waals surface area (Å²) >= 11 is 0. The van der Waals surface area contributed by atoms with E-state index in [2.05, 4.69) is 78.8 Å². The molecule has 2 aliphatic heterocycles. The van der Waals surface area contributed by atoms with Crippen LogP contribution in [0.3, 0.4) is 0 Å². The van der Waals surface area contributed by atoms with Crippen molar-refractivity contribution in [3.63, 3.8) is 0 Å². The molecule has 0 amide bonds. The fraction of sp³-hybridized carbons (Fsp3) is 0.320. The Hall–Kier alpha value is -5.01. The van der Waals surface area contributed by atoms with E-state index in [1.807, 2.05) is 27.6 Å². The number of tetrazole rings is 2. The van der Waals surface area contributed by atoms with Gasteiger partial charge in [0.05, 0.1) is 35.7 Å². The molecule has 0 fully saturated rings. The predicted molar refractivity (Wildman–Crippen MR) is 147 cm³/mol. The number of imidazole rings is 1. The molecule has 0 saturated carbocycles. The first kappa shape index (κ1) is 24.3. The van der Waals surface area contributed by atoms with E-state index in [0.29, 0.717) is 23.2 Å². The van der Waals surface area contributed by atoms with Gasteiger partial charge in [-0.15, -0.1) is 10.2 Å². The van der Waals surface area contributed by atoms with Crippen LogP contribution < -0.4 is 11.1 Å². The van der Waals surface area contributed by atoms with Gasteiger partial charge in [-0.3, -0.25) is 9.97 Å². The first-order valence-corrected chi connectivity index (χ1v) is 12.7. The van der Waals surface area contributed by atoms with Crippen molar-refractivity contribution < 1.29 is 0 Å². The summed E-state index contributed by atoms with van der Waals surface area (Å²) in [7, 11) is 0. The summed E-state index contributed by atoms with van der Waals surface area (Å²) in [5, 5.41) is 25.5. The fourth-order valence-electron chi connectivity index (χ4n) is 4.54. The third-order valence-corrected chi connectivity index (χ3v) is 6.26. The summed E-state index contributed by atoms with van der Waals surface area (Å²) in [4.78, 5) is 18.9. The molecule has 0 aliphatic carbocycles. The molecule has 3 N–H and O–H groups in total. The second-order valence-corrected chi connectivity index (χ2v) is 10.1. The van der Waals surface area contributed by atoms with E-state index >= 15 is 0 Å². The Morgan fingerprint density at radius 2 is 1.59 bits per heavy atom. The van der Waals surface area contributed by atoms with Gasteiger partial charge >= 0.3 is 0 Å². The minimum atomic E-state index is 0.473. The van der Waals surface area contributed by atoms with Crippen LogP contribution in [0.2, 0.25) is 0 Å².